The van der Waals surface area contributed by atoms with Crippen molar-refractivity contribution in [2.45, 2.75) is 59.2 Å². The van der Waals surface area contributed by atoms with Gasteiger partial charge >= 0.3 is 0 Å². The Morgan fingerprint density at radius 2 is 1.37 bits per heavy atom. The quantitative estimate of drug-likeness (QED) is 0.123. The topological polar surface area (TPSA) is 30.7 Å². The second-order valence-electron chi connectivity index (χ2n) is 17.7. The molecule has 0 atom stereocenters. The summed E-state index contributed by atoms with van der Waals surface area (Å²) in [7, 11) is -1.34. The van der Waals surface area contributed by atoms with Crippen molar-refractivity contribution in [3.05, 3.63) is 181 Å². The molecule has 0 fully saturated rings. The van der Waals surface area contributed by atoms with Gasteiger partial charge in [0.2, 0.25) is 0 Å². The van der Waals surface area contributed by atoms with Crippen molar-refractivity contribution in [1.82, 2.24) is 14.5 Å². The predicted molar refractivity (Wildman–Crippen MR) is 248 cm³/mol. The van der Waals surface area contributed by atoms with E-state index in [1.165, 1.54) is 54.5 Å². The minimum atomic E-state index is -1.34. The number of imidazole rings is 1. The van der Waals surface area contributed by atoms with Gasteiger partial charge in [0.05, 0.1) is 24.9 Å². The standard InChI is InChI=1S/C36H25N2.C18H24NSi.Ir/c1-36(2)30-16-8-7-15-28(30)29-20-26(18-19-31(29)36)35-37-32-21-24-11-3-4-12-25(24)22-34(32)38(35)33-17-9-13-23-10-5-6-14-27(23)33;1-14(2)11-16-12-17(15-9-7-6-8-10-15)19-13-18(16)20(3,4)5;/h3-17,19-22H,1-2H3;6-9,12-14H,11H2,1-5H3;/q2*-1;. The average Bonchev–Trinajstić information content (AvgIpc) is 3.70. The molecule has 0 saturated carbocycles. The zero-order valence-corrected chi connectivity index (χ0v) is 38.3. The molecule has 1 radical (unpaired) electrons. The number of nitrogens with zero attached hydrogens (tertiary/aromatic N) is 3. The molecule has 0 aliphatic heterocycles. The second-order valence-corrected chi connectivity index (χ2v) is 22.7. The van der Waals surface area contributed by atoms with E-state index in [0.717, 1.165) is 45.8 Å². The largest absolute Gasteiger partial charge is 0.333 e. The van der Waals surface area contributed by atoms with Gasteiger partial charge < -0.3 is 9.55 Å². The molecular formula is C54H49IrN3Si-2. The molecule has 0 N–H and O–H groups in total. The third kappa shape index (κ3) is 7.53. The van der Waals surface area contributed by atoms with E-state index >= 15 is 0 Å². The van der Waals surface area contributed by atoms with E-state index in [9.17, 15) is 0 Å². The van der Waals surface area contributed by atoms with E-state index in [1.807, 2.05) is 18.2 Å². The molecular weight excluding hydrogens is 911 g/mol. The van der Waals surface area contributed by atoms with Crippen molar-refractivity contribution < 1.29 is 20.1 Å². The van der Waals surface area contributed by atoms with Gasteiger partial charge in [-0.25, -0.2) is 0 Å². The number of aromatic nitrogens is 3. The van der Waals surface area contributed by atoms with E-state index in [0.29, 0.717) is 5.92 Å². The van der Waals surface area contributed by atoms with E-state index in [2.05, 4.69) is 203 Å². The zero-order valence-electron chi connectivity index (χ0n) is 34.9. The molecule has 7 aromatic carbocycles. The van der Waals surface area contributed by atoms with Crippen molar-refractivity contribution in [3.8, 4) is 39.5 Å². The van der Waals surface area contributed by atoms with Crippen molar-refractivity contribution in [1.29, 1.82) is 0 Å². The normalized spacial score (nSPS) is 12.9. The van der Waals surface area contributed by atoms with Gasteiger partial charge in [-0.05, 0) is 74.1 Å². The van der Waals surface area contributed by atoms with Gasteiger partial charge in [0.25, 0.3) is 0 Å². The van der Waals surface area contributed by atoms with E-state index in [-0.39, 0.29) is 25.5 Å². The van der Waals surface area contributed by atoms with Crippen molar-refractivity contribution in [2.24, 2.45) is 5.92 Å². The van der Waals surface area contributed by atoms with Gasteiger partial charge in [0, 0.05) is 37.4 Å². The van der Waals surface area contributed by atoms with Gasteiger partial charge in [-0.3, -0.25) is 4.98 Å². The van der Waals surface area contributed by atoms with E-state index in [1.54, 1.807) is 0 Å². The Morgan fingerprint density at radius 1 is 0.678 bits per heavy atom. The van der Waals surface area contributed by atoms with Crippen LogP contribution in [0.5, 0.6) is 0 Å². The third-order valence-electron chi connectivity index (χ3n) is 11.7. The minimum absolute atomic E-state index is 0. The van der Waals surface area contributed by atoms with Crippen LogP contribution in [0, 0.1) is 18.1 Å². The first kappa shape index (κ1) is 40.3. The summed E-state index contributed by atoms with van der Waals surface area (Å²) in [6, 6.07) is 58.6. The van der Waals surface area contributed by atoms with Gasteiger partial charge in [0.1, 0.15) is 0 Å². The molecule has 0 saturated heterocycles. The minimum Gasteiger partial charge on any atom is -0.333 e. The fourth-order valence-electron chi connectivity index (χ4n) is 8.84. The molecule has 1 aliphatic carbocycles. The predicted octanol–water partition coefficient (Wildman–Crippen LogP) is 13.4. The molecule has 10 rings (SSSR count). The van der Waals surface area contributed by atoms with Crippen LogP contribution < -0.4 is 5.19 Å². The summed E-state index contributed by atoms with van der Waals surface area (Å²) < 4.78 is 2.33. The second kappa shape index (κ2) is 16.0. The molecule has 59 heavy (non-hydrogen) atoms. The first-order valence-corrected chi connectivity index (χ1v) is 24.0. The number of pyridine rings is 1. The summed E-state index contributed by atoms with van der Waals surface area (Å²) in [5.41, 5.74) is 13.1. The molecule has 0 bridgehead atoms. The summed E-state index contributed by atoms with van der Waals surface area (Å²) in [6.07, 6.45) is 3.24. The molecule has 0 spiro atoms. The molecule has 5 heteroatoms. The fourth-order valence-corrected chi connectivity index (χ4v) is 10.4. The van der Waals surface area contributed by atoms with Crippen molar-refractivity contribution in [3.63, 3.8) is 0 Å². The smallest absolute Gasteiger partial charge is 0.0798 e. The Kier molecular flexibility index (Phi) is 10.9. The van der Waals surface area contributed by atoms with Crippen LogP contribution in [0.25, 0.3) is 72.0 Å². The molecule has 0 unspecified atom stereocenters. The molecule has 2 heterocycles. The maximum atomic E-state index is 5.27. The summed E-state index contributed by atoms with van der Waals surface area (Å²) in [6.45, 7) is 16.3. The molecule has 1 aliphatic rings. The molecule has 3 nitrogen and oxygen atoms in total. The van der Waals surface area contributed by atoms with Crippen LogP contribution in [0.4, 0.5) is 0 Å². The van der Waals surface area contributed by atoms with Crippen LogP contribution in [0.15, 0.2) is 152 Å². The average molecular weight is 960 g/mol. The summed E-state index contributed by atoms with van der Waals surface area (Å²) in [5, 5.41) is 6.32. The van der Waals surface area contributed by atoms with E-state index in [4.69, 9.17) is 4.98 Å². The number of hydrogen-bond acceptors (Lipinski definition) is 2. The zero-order chi connectivity index (χ0) is 40.2. The number of benzene rings is 7. The first-order valence-electron chi connectivity index (χ1n) is 20.5. The maximum Gasteiger partial charge on any atom is 0.0798 e. The maximum absolute atomic E-state index is 5.27. The van der Waals surface area contributed by atoms with Crippen LogP contribution in [0.2, 0.25) is 19.6 Å². The van der Waals surface area contributed by atoms with Crippen LogP contribution >= 0.6 is 0 Å². The van der Waals surface area contributed by atoms with Crippen LogP contribution in [-0.4, -0.2) is 22.6 Å². The fraction of sp³-hybridized carbons (Fsp3) is 0.185. The SMILES string of the molecule is CC(C)Cc1cc(-c2[c-]cccc2)ncc1[Si](C)(C)C.CC1(C)c2c[c-]c(-c3nc4cc5ccccc5cc4n3-c3cccc4ccccc34)cc2-c2ccccc21.[Ir]. The van der Waals surface area contributed by atoms with Crippen LogP contribution in [0.3, 0.4) is 0 Å². The first-order chi connectivity index (χ1) is 28.0. The number of hydrogen-bond donors (Lipinski definition) is 0. The number of rotatable bonds is 6. The van der Waals surface area contributed by atoms with Crippen LogP contribution in [-0.2, 0) is 31.9 Å². The summed E-state index contributed by atoms with van der Waals surface area (Å²) >= 11 is 0. The molecule has 295 valence electrons. The van der Waals surface area contributed by atoms with Crippen molar-refractivity contribution in [2.75, 3.05) is 0 Å². The Labute approximate surface area is 363 Å². The van der Waals surface area contributed by atoms with Gasteiger partial charge in [0.15, 0.2) is 0 Å². The van der Waals surface area contributed by atoms with Gasteiger partial charge in [-0.1, -0.05) is 149 Å². The van der Waals surface area contributed by atoms with E-state index < -0.39 is 8.07 Å². The van der Waals surface area contributed by atoms with Gasteiger partial charge in [-0.15, -0.1) is 65.2 Å². The monoisotopic (exact) mass is 960 g/mol. The van der Waals surface area contributed by atoms with Gasteiger partial charge in [-0.2, -0.15) is 0 Å². The number of fused-ring (bicyclic) bond motifs is 6. The Morgan fingerprint density at radius 3 is 2.12 bits per heavy atom. The Hall–Kier alpha value is -5.45. The summed E-state index contributed by atoms with van der Waals surface area (Å²) in [4.78, 5) is 9.95. The Bertz CT molecular complexity index is 2970. The van der Waals surface area contributed by atoms with Crippen molar-refractivity contribution >= 4 is 45.8 Å². The third-order valence-corrected chi connectivity index (χ3v) is 13.8. The Balaban J connectivity index is 0.000000197. The summed E-state index contributed by atoms with van der Waals surface area (Å²) in [5.74, 6) is 1.58. The molecule has 9 aromatic rings. The van der Waals surface area contributed by atoms with Crippen LogP contribution in [0.1, 0.15) is 44.4 Å². The molecule has 2 aromatic heterocycles. The molecule has 0 amide bonds.